The number of benzene rings is 1. The summed E-state index contributed by atoms with van der Waals surface area (Å²) in [7, 11) is 0. The summed E-state index contributed by atoms with van der Waals surface area (Å²) in [4.78, 5) is 12.3. The van der Waals surface area contributed by atoms with E-state index in [1.165, 1.54) is 11.1 Å². The summed E-state index contributed by atoms with van der Waals surface area (Å²) in [6.07, 6.45) is 4.43. The molecule has 1 aromatic carbocycles. The minimum atomic E-state index is 0. The van der Waals surface area contributed by atoms with Crippen molar-refractivity contribution < 1.29 is 0 Å². The average Bonchev–Trinajstić information content (AvgIpc) is 2.83. The fourth-order valence-corrected chi connectivity index (χ4v) is 3.70. The molecule has 2 aromatic heterocycles. The van der Waals surface area contributed by atoms with Crippen LogP contribution in [0.1, 0.15) is 28.1 Å². The molecule has 0 unspecified atom stereocenters. The lowest BCUT2D eigenvalue weighted by Crippen LogP contribution is -2.16. The summed E-state index contributed by atoms with van der Waals surface area (Å²) in [5.74, 6) is 0.953. The van der Waals surface area contributed by atoms with Gasteiger partial charge in [0, 0.05) is 41.7 Å². The van der Waals surface area contributed by atoms with Crippen molar-refractivity contribution in [2.24, 2.45) is 0 Å². The molecule has 1 aliphatic rings. The second-order valence-corrected chi connectivity index (χ2v) is 6.68. The van der Waals surface area contributed by atoms with Crippen molar-refractivity contribution in [3.63, 3.8) is 0 Å². The molecule has 148 valence electrons. The standard InChI is InChI=1S/C20H22N6.2ClH/c1-13-15(17-10-14(11-21)2-3-19(17)26-13)5-9-23-20-16-4-7-22-8-6-18(16)24-12-25-20;;/h2-3,10,12,22,26H,4-9H2,1H3,(H,23,24,25);2*1H. The third kappa shape index (κ3) is 4.39. The van der Waals surface area contributed by atoms with Gasteiger partial charge in [-0.1, -0.05) is 0 Å². The van der Waals surface area contributed by atoms with Gasteiger partial charge in [-0.15, -0.1) is 24.8 Å². The lowest BCUT2D eigenvalue weighted by atomic mass is 10.1. The number of hydrogen-bond donors (Lipinski definition) is 3. The lowest BCUT2D eigenvalue weighted by Gasteiger charge is -2.12. The Balaban J connectivity index is 0.00000140. The molecule has 0 saturated heterocycles. The van der Waals surface area contributed by atoms with Crippen LogP contribution < -0.4 is 10.6 Å². The molecule has 28 heavy (non-hydrogen) atoms. The predicted octanol–water partition coefficient (Wildman–Crippen LogP) is 3.32. The van der Waals surface area contributed by atoms with Crippen molar-refractivity contribution >= 4 is 41.5 Å². The summed E-state index contributed by atoms with van der Waals surface area (Å²) in [5, 5.41) is 17.2. The van der Waals surface area contributed by atoms with Gasteiger partial charge in [0.05, 0.1) is 17.3 Å². The van der Waals surface area contributed by atoms with E-state index >= 15 is 0 Å². The number of aromatic amines is 1. The number of fused-ring (bicyclic) bond motifs is 2. The third-order valence-electron chi connectivity index (χ3n) is 5.04. The number of nitrogens with zero attached hydrogens (tertiary/aromatic N) is 3. The van der Waals surface area contributed by atoms with E-state index in [9.17, 15) is 0 Å². The molecule has 4 rings (SSSR count). The van der Waals surface area contributed by atoms with Crippen LogP contribution in [-0.4, -0.2) is 34.6 Å². The van der Waals surface area contributed by atoms with E-state index in [-0.39, 0.29) is 24.8 Å². The molecule has 8 heteroatoms. The summed E-state index contributed by atoms with van der Waals surface area (Å²) in [6, 6.07) is 8.03. The van der Waals surface area contributed by atoms with Gasteiger partial charge >= 0.3 is 0 Å². The van der Waals surface area contributed by atoms with Gasteiger partial charge in [0.2, 0.25) is 0 Å². The van der Waals surface area contributed by atoms with E-state index in [0.29, 0.717) is 5.56 Å². The predicted molar refractivity (Wildman–Crippen MR) is 117 cm³/mol. The number of nitriles is 1. The maximum Gasteiger partial charge on any atom is 0.132 e. The van der Waals surface area contributed by atoms with Gasteiger partial charge in [0.25, 0.3) is 0 Å². The third-order valence-corrected chi connectivity index (χ3v) is 5.04. The zero-order valence-corrected chi connectivity index (χ0v) is 17.3. The number of nitrogens with one attached hydrogen (secondary N) is 3. The second kappa shape index (κ2) is 9.74. The molecule has 3 N–H and O–H groups in total. The highest BCUT2D eigenvalue weighted by molar-refractivity contribution is 5.86. The fraction of sp³-hybridized carbons (Fsp3) is 0.350. The van der Waals surface area contributed by atoms with Crippen LogP contribution in [0.25, 0.3) is 10.9 Å². The van der Waals surface area contributed by atoms with Crippen molar-refractivity contribution in [1.29, 1.82) is 5.26 Å². The highest BCUT2D eigenvalue weighted by Crippen LogP contribution is 2.24. The van der Waals surface area contributed by atoms with Crippen LogP contribution in [-0.2, 0) is 19.3 Å². The Bertz CT molecular complexity index is 992. The molecule has 3 heterocycles. The number of hydrogen-bond acceptors (Lipinski definition) is 5. The molecule has 3 aromatic rings. The van der Waals surface area contributed by atoms with E-state index in [1.807, 2.05) is 18.2 Å². The molecule has 0 atom stereocenters. The molecule has 1 aliphatic heterocycles. The van der Waals surface area contributed by atoms with E-state index in [0.717, 1.165) is 67.0 Å². The van der Waals surface area contributed by atoms with Gasteiger partial charge in [-0.25, -0.2) is 9.97 Å². The average molecular weight is 419 g/mol. The molecule has 0 radical (unpaired) electrons. The Morgan fingerprint density at radius 2 is 2.00 bits per heavy atom. The van der Waals surface area contributed by atoms with Gasteiger partial charge in [0.1, 0.15) is 12.1 Å². The molecule has 0 fully saturated rings. The van der Waals surface area contributed by atoms with Gasteiger partial charge in [-0.05, 0) is 50.1 Å². The molecule has 0 saturated carbocycles. The topological polar surface area (TPSA) is 89.4 Å². The summed E-state index contributed by atoms with van der Waals surface area (Å²) in [5.41, 5.74) is 6.57. The van der Waals surface area contributed by atoms with Crippen LogP contribution in [0.3, 0.4) is 0 Å². The lowest BCUT2D eigenvalue weighted by molar-refractivity contribution is 0.708. The number of aryl methyl sites for hydroxylation is 1. The Hall–Kier alpha value is -2.33. The molecule has 0 bridgehead atoms. The van der Waals surface area contributed by atoms with Crippen molar-refractivity contribution in [2.75, 3.05) is 25.0 Å². The van der Waals surface area contributed by atoms with Crippen molar-refractivity contribution in [1.82, 2.24) is 20.3 Å². The summed E-state index contributed by atoms with van der Waals surface area (Å²) < 4.78 is 0. The van der Waals surface area contributed by atoms with Gasteiger partial charge in [0.15, 0.2) is 0 Å². The van der Waals surface area contributed by atoms with Crippen LogP contribution in [0, 0.1) is 18.3 Å². The van der Waals surface area contributed by atoms with Crippen LogP contribution >= 0.6 is 24.8 Å². The molecular weight excluding hydrogens is 395 g/mol. The van der Waals surface area contributed by atoms with Crippen LogP contribution in [0.4, 0.5) is 5.82 Å². The normalized spacial score (nSPS) is 12.9. The van der Waals surface area contributed by atoms with Gasteiger partial charge < -0.3 is 15.6 Å². The first kappa shape index (κ1) is 22.0. The maximum absolute atomic E-state index is 9.16. The largest absolute Gasteiger partial charge is 0.369 e. The second-order valence-electron chi connectivity index (χ2n) is 6.68. The first-order chi connectivity index (χ1) is 12.8. The Morgan fingerprint density at radius 3 is 2.82 bits per heavy atom. The van der Waals surface area contributed by atoms with Crippen LogP contribution in [0.5, 0.6) is 0 Å². The van der Waals surface area contributed by atoms with Crippen LogP contribution in [0.15, 0.2) is 24.5 Å². The first-order valence-electron chi connectivity index (χ1n) is 9.05. The number of H-pyrrole nitrogens is 1. The van der Waals surface area contributed by atoms with E-state index in [2.05, 4.69) is 38.6 Å². The molecular formula is C20H24Cl2N6. The Morgan fingerprint density at radius 1 is 1.18 bits per heavy atom. The monoisotopic (exact) mass is 418 g/mol. The highest BCUT2D eigenvalue weighted by Gasteiger charge is 2.14. The Labute approximate surface area is 177 Å². The highest BCUT2D eigenvalue weighted by atomic mass is 35.5. The van der Waals surface area contributed by atoms with E-state index in [4.69, 9.17) is 5.26 Å². The molecule has 0 amide bonds. The van der Waals surface area contributed by atoms with Crippen LogP contribution in [0.2, 0.25) is 0 Å². The quantitative estimate of drug-likeness (QED) is 0.604. The van der Waals surface area contributed by atoms with Gasteiger partial charge in [-0.3, -0.25) is 0 Å². The van der Waals surface area contributed by atoms with E-state index in [1.54, 1.807) is 6.33 Å². The van der Waals surface area contributed by atoms with Gasteiger partial charge in [-0.2, -0.15) is 5.26 Å². The summed E-state index contributed by atoms with van der Waals surface area (Å²) >= 11 is 0. The smallest absolute Gasteiger partial charge is 0.132 e. The number of rotatable bonds is 4. The number of anilines is 1. The zero-order valence-electron chi connectivity index (χ0n) is 15.7. The van der Waals surface area contributed by atoms with Crippen molar-refractivity contribution in [2.45, 2.75) is 26.2 Å². The van der Waals surface area contributed by atoms with Crippen molar-refractivity contribution in [3.8, 4) is 6.07 Å². The Kier molecular flexibility index (Phi) is 7.64. The van der Waals surface area contributed by atoms with E-state index < -0.39 is 0 Å². The maximum atomic E-state index is 9.16. The SMILES string of the molecule is Cc1[nH]c2ccc(C#N)cc2c1CCNc1ncnc2c1CCNCC2.Cl.Cl. The van der Waals surface area contributed by atoms with Crippen molar-refractivity contribution in [3.05, 3.63) is 52.6 Å². The molecule has 0 aliphatic carbocycles. The summed E-state index contributed by atoms with van der Waals surface area (Å²) in [6.45, 7) is 4.82. The molecule has 6 nitrogen and oxygen atoms in total. The number of aromatic nitrogens is 3. The fourth-order valence-electron chi connectivity index (χ4n) is 3.70. The number of halogens is 2. The molecule has 0 spiro atoms. The first-order valence-corrected chi connectivity index (χ1v) is 9.05. The minimum Gasteiger partial charge on any atom is -0.369 e. The zero-order chi connectivity index (χ0) is 17.9. The minimum absolute atomic E-state index is 0.